The van der Waals surface area contributed by atoms with Crippen LogP contribution >= 0.6 is 11.6 Å². The van der Waals surface area contributed by atoms with Crippen LogP contribution in [-0.4, -0.2) is 23.7 Å². The molecule has 2 rings (SSSR count). The molecule has 24 heavy (non-hydrogen) atoms. The van der Waals surface area contributed by atoms with Crippen LogP contribution in [0.2, 0.25) is 5.02 Å². The molecule has 0 saturated carbocycles. The lowest BCUT2D eigenvalue weighted by molar-refractivity contribution is 0.0910. The van der Waals surface area contributed by atoms with E-state index in [2.05, 4.69) is 5.43 Å². The van der Waals surface area contributed by atoms with Gasteiger partial charge in [0.05, 0.1) is 6.61 Å². The molecule has 0 heterocycles. The fourth-order valence-electron chi connectivity index (χ4n) is 1.88. The molecule has 0 spiro atoms. The van der Waals surface area contributed by atoms with Gasteiger partial charge >= 0.3 is 6.09 Å². The van der Waals surface area contributed by atoms with E-state index in [0.717, 1.165) is 0 Å². The van der Waals surface area contributed by atoms with E-state index >= 15 is 0 Å². The number of carbonyl (C=O) groups excluding carboxylic acids is 2. The average molecular weight is 353 g/mol. The van der Waals surface area contributed by atoms with Crippen molar-refractivity contribution < 1.29 is 23.8 Å². The first kappa shape index (κ1) is 17.6. The van der Waals surface area contributed by atoms with Crippen molar-refractivity contribution in [3.63, 3.8) is 0 Å². The van der Waals surface area contributed by atoms with Crippen LogP contribution in [0.5, 0.6) is 5.75 Å². The van der Waals surface area contributed by atoms with Crippen molar-refractivity contribution in [1.29, 1.82) is 0 Å². The Hall–Kier alpha value is -2.80. The van der Waals surface area contributed by atoms with Gasteiger partial charge < -0.3 is 9.84 Å². The summed E-state index contributed by atoms with van der Waals surface area (Å²) < 4.78 is 18.4. The number of amides is 2. The molecule has 3 N–H and O–H groups in total. The molecule has 0 unspecified atom stereocenters. The number of halogens is 2. The van der Waals surface area contributed by atoms with Gasteiger partial charge in [-0.25, -0.2) is 14.6 Å². The number of phenolic OH excluding ortho intramolecular Hbond substituents is 1. The quantitative estimate of drug-likeness (QED) is 0.738. The van der Waals surface area contributed by atoms with E-state index in [1.165, 1.54) is 42.5 Å². The standard InChI is InChI=1S/C16H14ClFN2O4/c17-13-5-2-6-14(18)12(13)7-8-24-16(23)20-19-15(22)10-3-1-4-11(21)9-10/h1-6,9,21H,7-8H2,(H,19,22)(H,20,23). The molecule has 0 aromatic heterocycles. The number of hydrogen-bond donors (Lipinski definition) is 3. The van der Waals surface area contributed by atoms with Gasteiger partial charge in [-0.05, 0) is 30.3 Å². The summed E-state index contributed by atoms with van der Waals surface area (Å²) in [5.41, 5.74) is 4.58. The smallest absolute Gasteiger partial charge is 0.426 e. The van der Waals surface area contributed by atoms with Gasteiger partial charge in [-0.15, -0.1) is 0 Å². The van der Waals surface area contributed by atoms with Crippen molar-refractivity contribution in [2.45, 2.75) is 6.42 Å². The fraction of sp³-hybridized carbons (Fsp3) is 0.125. The van der Waals surface area contributed by atoms with Gasteiger partial charge in [-0.3, -0.25) is 10.2 Å². The van der Waals surface area contributed by atoms with Crippen LogP contribution in [0.1, 0.15) is 15.9 Å². The predicted molar refractivity (Wildman–Crippen MR) is 85.2 cm³/mol. The monoisotopic (exact) mass is 352 g/mol. The molecule has 0 bridgehead atoms. The lowest BCUT2D eigenvalue weighted by atomic mass is 10.1. The highest BCUT2D eigenvalue weighted by atomic mass is 35.5. The lowest BCUT2D eigenvalue weighted by Crippen LogP contribution is -2.42. The Bertz CT molecular complexity index is 734. The maximum atomic E-state index is 13.5. The molecule has 0 atom stereocenters. The topological polar surface area (TPSA) is 87.7 Å². The minimum absolute atomic E-state index is 0.0769. The summed E-state index contributed by atoms with van der Waals surface area (Å²) in [5, 5.41) is 9.52. The zero-order valence-electron chi connectivity index (χ0n) is 12.4. The largest absolute Gasteiger partial charge is 0.508 e. The summed E-state index contributed by atoms with van der Waals surface area (Å²) in [5.74, 6) is -1.18. The summed E-state index contributed by atoms with van der Waals surface area (Å²) in [6.45, 7) is -0.117. The van der Waals surface area contributed by atoms with Gasteiger partial charge in [0.1, 0.15) is 11.6 Å². The number of phenols is 1. The van der Waals surface area contributed by atoms with E-state index in [0.29, 0.717) is 0 Å². The van der Waals surface area contributed by atoms with Crippen LogP contribution in [0.25, 0.3) is 0 Å². The molecule has 0 aliphatic rings. The lowest BCUT2D eigenvalue weighted by Gasteiger charge is -2.09. The van der Waals surface area contributed by atoms with Crippen molar-refractivity contribution in [2.24, 2.45) is 0 Å². The summed E-state index contributed by atoms with van der Waals surface area (Å²) in [6, 6.07) is 9.87. The maximum Gasteiger partial charge on any atom is 0.426 e. The Morgan fingerprint density at radius 3 is 2.62 bits per heavy atom. The molecular weight excluding hydrogens is 339 g/mol. The molecule has 0 aliphatic carbocycles. The Balaban J connectivity index is 1.77. The van der Waals surface area contributed by atoms with E-state index in [9.17, 15) is 19.1 Å². The van der Waals surface area contributed by atoms with E-state index in [4.69, 9.17) is 16.3 Å². The van der Waals surface area contributed by atoms with Gasteiger partial charge in [0.2, 0.25) is 0 Å². The van der Waals surface area contributed by atoms with Crippen LogP contribution in [0.4, 0.5) is 9.18 Å². The van der Waals surface area contributed by atoms with Crippen LogP contribution in [0.15, 0.2) is 42.5 Å². The van der Waals surface area contributed by atoms with E-state index in [1.54, 1.807) is 0 Å². The Morgan fingerprint density at radius 1 is 1.17 bits per heavy atom. The highest BCUT2D eigenvalue weighted by molar-refractivity contribution is 6.31. The van der Waals surface area contributed by atoms with Crippen molar-refractivity contribution in [2.75, 3.05) is 6.61 Å². The number of rotatable bonds is 4. The molecule has 8 heteroatoms. The predicted octanol–water partition coefficient (Wildman–Crippen LogP) is 2.80. The number of carbonyl (C=O) groups is 2. The summed E-state index contributed by atoms with van der Waals surface area (Å²) in [6.07, 6.45) is -0.810. The molecule has 2 amide bonds. The number of hydrazine groups is 1. The molecule has 126 valence electrons. The second-order valence-corrected chi connectivity index (χ2v) is 5.12. The molecule has 2 aromatic carbocycles. The second-order valence-electron chi connectivity index (χ2n) is 4.72. The van der Waals surface area contributed by atoms with Gasteiger partial charge in [-0.1, -0.05) is 23.7 Å². The molecule has 0 radical (unpaired) electrons. The van der Waals surface area contributed by atoms with Crippen LogP contribution in [0, 0.1) is 5.82 Å². The Kier molecular flexibility index (Phi) is 5.97. The summed E-state index contributed by atoms with van der Waals surface area (Å²) in [7, 11) is 0. The minimum Gasteiger partial charge on any atom is -0.508 e. The van der Waals surface area contributed by atoms with Crippen LogP contribution in [-0.2, 0) is 11.2 Å². The number of ether oxygens (including phenoxy) is 1. The molecule has 0 fully saturated rings. The first-order valence-corrected chi connectivity index (χ1v) is 7.30. The average Bonchev–Trinajstić information content (AvgIpc) is 2.55. The normalized spacial score (nSPS) is 10.1. The van der Waals surface area contributed by atoms with Crippen molar-refractivity contribution in [3.05, 3.63) is 64.4 Å². The highest BCUT2D eigenvalue weighted by Gasteiger charge is 2.10. The molecule has 0 aliphatic heterocycles. The number of aromatic hydroxyl groups is 1. The first-order valence-electron chi connectivity index (χ1n) is 6.92. The van der Waals surface area contributed by atoms with Crippen LogP contribution in [0.3, 0.4) is 0 Å². The summed E-state index contributed by atoms with van der Waals surface area (Å²) >= 11 is 5.85. The zero-order chi connectivity index (χ0) is 17.5. The van der Waals surface area contributed by atoms with E-state index in [-0.39, 0.29) is 34.9 Å². The third-order valence-electron chi connectivity index (χ3n) is 3.03. The van der Waals surface area contributed by atoms with Gasteiger partial charge in [0, 0.05) is 22.6 Å². The van der Waals surface area contributed by atoms with Crippen molar-refractivity contribution in [3.8, 4) is 5.75 Å². The van der Waals surface area contributed by atoms with Crippen LogP contribution < -0.4 is 10.9 Å². The third kappa shape index (κ3) is 4.85. The number of hydrogen-bond acceptors (Lipinski definition) is 4. The summed E-state index contributed by atoms with van der Waals surface area (Å²) in [4.78, 5) is 23.2. The van der Waals surface area contributed by atoms with E-state index in [1.807, 2.05) is 5.43 Å². The van der Waals surface area contributed by atoms with Gasteiger partial charge in [0.25, 0.3) is 5.91 Å². The SMILES string of the molecule is O=C(NNC(=O)c1cccc(O)c1)OCCc1c(F)cccc1Cl. The fourth-order valence-corrected chi connectivity index (χ4v) is 2.14. The number of nitrogens with one attached hydrogen (secondary N) is 2. The van der Waals surface area contributed by atoms with E-state index < -0.39 is 17.8 Å². The van der Waals surface area contributed by atoms with Crippen molar-refractivity contribution in [1.82, 2.24) is 10.9 Å². The van der Waals surface area contributed by atoms with Gasteiger partial charge in [-0.2, -0.15) is 0 Å². The zero-order valence-corrected chi connectivity index (χ0v) is 13.1. The Labute approximate surface area is 142 Å². The number of benzene rings is 2. The minimum atomic E-state index is -0.907. The van der Waals surface area contributed by atoms with Gasteiger partial charge in [0.15, 0.2) is 0 Å². The molecule has 0 saturated heterocycles. The maximum absolute atomic E-state index is 13.5. The molecule has 6 nitrogen and oxygen atoms in total. The third-order valence-corrected chi connectivity index (χ3v) is 3.39. The first-order chi connectivity index (χ1) is 11.5. The van der Waals surface area contributed by atoms with Crippen molar-refractivity contribution >= 4 is 23.6 Å². The second kappa shape index (κ2) is 8.16. The molecule has 2 aromatic rings. The molecular formula is C16H14ClFN2O4. The Morgan fingerprint density at radius 2 is 1.92 bits per heavy atom. The highest BCUT2D eigenvalue weighted by Crippen LogP contribution is 2.19.